The molecule has 0 radical (unpaired) electrons. The predicted octanol–water partition coefficient (Wildman–Crippen LogP) is -0.0469. The molecule has 1 aliphatic carbocycles. The molecule has 1 atom stereocenters. The summed E-state index contributed by atoms with van der Waals surface area (Å²) in [6.45, 7) is 0. The van der Waals surface area contributed by atoms with Crippen LogP contribution in [0.5, 0.6) is 0 Å². The first kappa shape index (κ1) is 9.73. The molecule has 0 aromatic rings. The van der Waals surface area contributed by atoms with E-state index in [4.69, 9.17) is 0 Å². The third-order valence-electron chi connectivity index (χ3n) is 1.63. The molecule has 0 heterocycles. The van der Waals surface area contributed by atoms with Crippen LogP contribution in [0.25, 0.3) is 0 Å². The Hall–Kier alpha value is -1.36. The van der Waals surface area contributed by atoms with Crippen molar-refractivity contribution in [2.45, 2.75) is 0 Å². The van der Waals surface area contributed by atoms with Crippen LogP contribution in [0.4, 0.5) is 0 Å². The number of hydrogen-bond donors (Lipinski definition) is 0. The van der Waals surface area contributed by atoms with Crippen molar-refractivity contribution in [3.63, 3.8) is 0 Å². The largest absolute Gasteiger partial charge is 0.468 e. The van der Waals surface area contributed by atoms with Gasteiger partial charge in [-0.3, -0.25) is 4.79 Å². The second kappa shape index (κ2) is 4.04. The summed E-state index contributed by atoms with van der Waals surface area (Å²) in [5.41, 5.74) is 0. The van der Waals surface area contributed by atoms with Gasteiger partial charge in [0.05, 0.1) is 12.0 Å². The van der Waals surface area contributed by atoms with Gasteiger partial charge in [0.25, 0.3) is 0 Å². The van der Waals surface area contributed by atoms with E-state index >= 15 is 0 Å². The molecule has 0 aliphatic heterocycles. The van der Waals surface area contributed by atoms with Crippen LogP contribution in [0.3, 0.4) is 0 Å². The maximum atomic E-state index is 11.1. The molecular weight excluding hydrogens is 192 g/mol. The topological polar surface area (TPSA) is 60.4 Å². The lowest BCUT2D eigenvalue weighted by Gasteiger charge is -2.09. The number of ether oxygens (including phenoxy) is 1. The molecule has 13 heavy (non-hydrogen) atoms. The highest BCUT2D eigenvalue weighted by molar-refractivity contribution is 7.73. The minimum Gasteiger partial charge on any atom is -0.468 e. The zero-order valence-electron chi connectivity index (χ0n) is 6.93. The molecule has 0 saturated carbocycles. The predicted molar refractivity (Wildman–Crippen MR) is 47.7 cm³/mol. The van der Waals surface area contributed by atoms with Gasteiger partial charge in [-0.1, -0.05) is 18.2 Å². The Kier molecular flexibility index (Phi) is 3.02. The molecule has 1 rings (SSSR count). The van der Waals surface area contributed by atoms with Gasteiger partial charge in [0.15, 0.2) is 0 Å². The molecule has 1 aliphatic rings. The molecule has 1 unspecified atom stereocenters. The van der Waals surface area contributed by atoms with Crippen molar-refractivity contribution in [3.05, 3.63) is 24.3 Å². The summed E-state index contributed by atoms with van der Waals surface area (Å²) >= 11 is 0. The van der Waals surface area contributed by atoms with Crippen LogP contribution in [0.2, 0.25) is 0 Å². The summed E-state index contributed by atoms with van der Waals surface area (Å²) < 4.78 is 25.8. The smallest absolute Gasteiger partial charge is 0.318 e. The van der Waals surface area contributed by atoms with Crippen molar-refractivity contribution in [2.75, 3.05) is 7.11 Å². The van der Waals surface area contributed by atoms with E-state index in [-0.39, 0.29) is 4.86 Å². The Morgan fingerprint density at radius 3 is 2.69 bits per heavy atom. The lowest BCUT2D eigenvalue weighted by molar-refractivity contribution is -0.141. The van der Waals surface area contributed by atoms with E-state index < -0.39 is 22.2 Å². The van der Waals surface area contributed by atoms with Crippen molar-refractivity contribution >= 4 is 21.1 Å². The van der Waals surface area contributed by atoms with Gasteiger partial charge in [-0.25, -0.2) is 0 Å². The molecule has 0 aromatic heterocycles. The Balaban J connectivity index is 3.11. The molecule has 0 spiro atoms. The number of esters is 1. The quantitative estimate of drug-likeness (QED) is 0.440. The molecule has 0 amide bonds. The number of allylic oxidation sites excluding steroid dienone is 3. The first-order chi connectivity index (χ1) is 6.16. The van der Waals surface area contributed by atoms with Crippen molar-refractivity contribution in [1.82, 2.24) is 0 Å². The summed E-state index contributed by atoms with van der Waals surface area (Å²) in [5.74, 6) is -1.37. The molecule has 0 N–H and O–H groups in total. The SMILES string of the molecule is COC(=O)C1C=CC=CC1=S(=O)=O. The molecule has 0 saturated heterocycles. The number of rotatable bonds is 1. The normalized spacial score (nSPS) is 20.1. The van der Waals surface area contributed by atoms with E-state index in [9.17, 15) is 13.2 Å². The minimum atomic E-state index is -2.38. The van der Waals surface area contributed by atoms with Gasteiger partial charge in [-0.2, -0.15) is 8.42 Å². The summed E-state index contributed by atoms with van der Waals surface area (Å²) in [7, 11) is -1.15. The second-order valence-electron chi connectivity index (χ2n) is 2.38. The average molecular weight is 200 g/mol. The maximum Gasteiger partial charge on any atom is 0.318 e. The van der Waals surface area contributed by atoms with Crippen molar-refractivity contribution in [2.24, 2.45) is 5.92 Å². The number of carbonyl (C=O) groups excluding carboxylic acids is 1. The van der Waals surface area contributed by atoms with Crippen LogP contribution in [-0.4, -0.2) is 26.4 Å². The van der Waals surface area contributed by atoms with Crippen LogP contribution >= 0.6 is 0 Å². The Morgan fingerprint density at radius 1 is 1.46 bits per heavy atom. The van der Waals surface area contributed by atoms with Gasteiger partial charge in [-0.15, -0.1) is 0 Å². The summed E-state index contributed by atoms with van der Waals surface area (Å²) in [6.07, 6.45) is 6.03. The monoisotopic (exact) mass is 200 g/mol. The van der Waals surface area contributed by atoms with Gasteiger partial charge < -0.3 is 4.74 Å². The molecular formula is C8H8O4S. The van der Waals surface area contributed by atoms with E-state index in [2.05, 4.69) is 4.74 Å². The zero-order valence-corrected chi connectivity index (χ0v) is 7.74. The second-order valence-corrected chi connectivity index (χ2v) is 3.32. The van der Waals surface area contributed by atoms with Gasteiger partial charge in [0.1, 0.15) is 5.92 Å². The highest BCUT2D eigenvalue weighted by atomic mass is 32.2. The first-order valence-corrected chi connectivity index (χ1v) is 4.63. The molecule has 5 heteroatoms. The van der Waals surface area contributed by atoms with E-state index in [1.807, 2.05) is 0 Å². The van der Waals surface area contributed by atoms with E-state index in [0.717, 1.165) is 0 Å². The van der Waals surface area contributed by atoms with Crippen molar-refractivity contribution in [1.29, 1.82) is 0 Å². The molecule has 0 aromatic carbocycles. The van der Waals surface area contributed by atoms with Crippen molar-refractivity contribution < 1.29 is 17.9 Å². The highest BCUT2D eigenvalue weighted by Crippen LogP contribution is 2.10. The standard InChI is InChI=1S/C8H8O4S/c1-12-8(9)6-4-2-3-5-7(6)13(10)11/h2-6H,1H3. The van der Waals surface area contributed by atoms with Crippen LogP contribution < -0.4 is 0 Å². The fraction of sp³-hybridized carbons (Fsp3) is 0.250. The van der Waals surface area contributed by atoms with E-state index in [1.54, 1.807) is 12.2 Å². The lowest BCUT2D eigenvalue weighted by atomic mass is 10.0. The number of carbonyl (C=O) groups is 1. The number of hydrogen-bond acceptors (Lipinski definition) is 4. The fourth-order valence-corrected chi connectivity index (χ4v) is 1.58. The van der Waals surface area contributed by atoms with Gasteiger partial charge in [0.2, 0.25) is 10.3 Å². The fourth-order valence-electron chi connectivity index (χ4n) is 1.01. The Labute approximate surface area is 77.0 Å². The summed E-state index contributed by atoms with van der Waals surface area (Å²) in [4.78, 5) is 11.1. The third-order valence-corrected chi connectivity index (χ3v) is 2.40. The summed E-state index contributed by atoms with van der Waals surface area (Å²) in [6, 6.07) is 0. The highest BCUT2D eigenvalue weighted by Gasteiger charge is 2.23. The molecule has 4 nitrogen and oxygen atoms in total. The molecule has 0 fully saturated rings. The van der Waals surface area contributed by atoms with Gasteiger partial charge in [0, 0.05) is 0 Å². The Bertz CT molecular complexity index is 392. The average Bonchev–Trinajstić information content (AvgIpc) is 2.16. The van der Waals surface area contributed by atoms with Crippen LogP contribution in [0, 0.1) is 5.92 Å². The third kappa shape index (κ3) is 2.06. The van der Waals surface area contributed by atoms with Crippen LogP contribution in [-0.2, 0) is 19.8 Å². The Morgan fingerprint density at radius 2 is 2.15 bits per heavy atom. The summed E-state index contributed by atoms with van der Waals surface area (Å²) in [5, 5.41) is 0. The van der Waals surface area contributed by atoms with E-state index in [0.29, 0.717) is 0 Å². The molecule has 70 valence electrons. The van der Waals surface area contributed by atoms with E-state index in [1.165, 1.54) is 19.3 Å². The van der Waals surface area contributed by atoms with Crippen LogP contribution in [0.15, 0.2) is 24.3 Å². The van der Waals surface area contributed by atoms with Gasteiger partial charge >= 0.3 is 5.97 Å². The molecule has 0 bridgehead atoms. The maximum absolute atomic E-state index is 11.1. The minimum absolute atomic E-state index is 0.0364. The van der Waals surface area contributed by atoms with Crippen LogP contribution in [0.1, 0.15) is 0 Å². The first-order valence-electron chi connectivity index (χ1n) is 3.55. The zero-order chi connectivity index (χ0) is 9.84. The number of methoxy groups -OCH3 is 1. The van der Waals surface area contributed by atoms with Gasteiger partial charge in [-0.05, 0) is 6.08 Å². The lowest BCUT2D eigenvalue weighted by Crippen LogP contribution is -2.23. The van der Waals surface area contributed by atoms with Crippen molar-refractivity contribution in [3.8, 4) is 0 Å².